The number of halogens is 9. The van der Waals surface area contributed by atoms with Crippen molar-refractivity contribution in [1.82, 2.24) is 0 Å². The molecular weight excluding hydrogens is 447 g/mol. The first kappa shape index (κ1) is 23.7. The molecule has 0 radical (unpaired) electrons. The third-order valence-corrected chi connectivity index (χ3v) is 5.22. The van der Waals surface area contributed by atoms with Gasteiger partial charge in [-0.1, -0.05) is 84.9 Å². The number of hydrogen-bond acceptors (Lipinski definition) is 0. The third kappa shape index (κ3) is 3.96. The molecule has 32 heavy (non-hydrogen) atoms. The molecule has 0 aliphatic heterocycles. The molecule has 3 aromatic carbocycles. The van der Waals surface area contributed by atoms with E-state index < -0.39 is 35.4 Å². The van der Waals surface area contributed by atoms with E-state index in [-0.39, 0.29) is 17.7 Å². The molecule has 0 aliphatic carbocycles. The van der Waals surface area contributed by atoms with Crippen LogP contribution in [0.15, 0.2) is 84.9 Å². The lowest BCUT2D eigenvalue weighted by Crippen LogP contribution is -2.63. The Labute approximate surface area is 177 Å². The topological polar surface area (TPSA) is 0 Å². The van der Waals surface area contributed by atoms with Crippen molar-refractivity contribution < 1.29 is 39.5 Å². The molecule has 0 heterocycles. The van der Waals surface area contributed by atoms with Gasteiger partial charge in [-0.05, 0) is 22.3 Å². The molecule has 0 fully saturated rings. The smallest absolute Gasteiger partial charge is 0.169 e. The Balaban J connectivity index is 2.20. The summed E-state index contributed by atoms with van der Waals surface area (Å²) in [6, 6.07) is 19.3. The molecule has 0 unspecified atom stereocenters. The van der Waals surface area contributed by atoms with E-state index in [4.69, 9.17) is 0 Å². The van der Waals surface area contributed by atoms with E-state index in [2.05, 4.69) is 0 Å². The molecule has 170 valence electrons. The van der Waals surface area contributed by atoms with Crippen LogP contribution in [0.25, 0.3) is 0 Å². The summed E-state index contributed by atoms with van der Waals surface area (Å²) in [5.41, 5.74) is -6.36. The Morgan fingerprint density at radius 3 is 1.03 bits per heavy atom. The minimum atomic E-state index is -6.65. The van der Waals surface area contributed by atoms with E-state index in [1.165, 1.54) is 0 Å². The molecule has 0 saturated carbocycles. The second kappa shape index (κ2) is 8.18. The molecule has 9 heteroatoms. The van der Waals surface area contributed by atoms with Crippen LogP contribution in [-0.2, 0) is 5.41 Å². The van der Waals surface area contributed by atoms with Gasteiger partial charge < -0.3 is 0 Å². The highest BCUT2D eigenvalue weighted by Gasteiger charge is 2.84. The average molecular weight is 462 g/mol. The van der Waals surface area contributed by atoms with Gasteiger partial charge in [-0.3, -0.25) is 0 Å². The molecule has 0 nitrogen and oxygen atoms in total. The van der Waals surface area contributed by atoms with Gasteiger partial charge in [0, 0.05) is 5.92 Å². The number of alkyl halides is 9. The minimum absolute atomic E-state index is 0.242. The lowest BCUT2D eigenvalue weighted by Gasteiger charge is -2.39. The summed E-state index contributed by atoms with van der Waals surface area (Å²) < 4.78 is 121. The molecule has 3 aromatic rings. The number of benzene rings is 3. The van der Waals surface area contributed by atoms with E-state index in [1.54, 1.807) is 60.7 Å². The summed E-state index contributed by atoms with van der Waals surface area (Å²) in [5, 5.41) is 0. The normalized spacial score (nSPS) is 13.4. The first-order valence-electron chi connectivity index (χ1n) is 9.21. The fourth-order valence-electron chi connectivity index (χ4n) is 3.77. The van der Waals surface area contributed by atoms with E-state index in [0.717, 1.165) is 12.1 Å². The van der Waals surface area contributed by atoms with Gasteiger partial charge in [0.25, 0.3) is 5.41 Å². The first-order chi connectivity index (χ1) is 14.8. The van der Waals surface area contributed by atoms with Crippen molar-refractivity contribution >= 4 is 0 Å². The second-order valence-corrected chi connectivity index (χ2v) is 7.12. The molecule has 3 rings (SSSR count). The van der Waals surface area contributed by atoms with Crippen LogP contribution >= 0.6 is 0 Å². The lowest BCUT2D eigenvalue weighted by molar-refractivity contribution is -0.387. The van der Waals surface area contributed by atoms with Crippen molar-refractivity contribution in [3.05, 3.63) is 107 Å². The van der Waals surface area contributed by atoms with Crippen molar-refractivity contribution in [1.29, 1.82) is 0 Å². The summed E-state index contributed by atoms with van der Waals surface area (Å²) in [6.07, 6.45) is -19.9. The highest BCUT2D eigenvalue weighted by atomic mass is 19.4. The minimum Gasteiger partial charge on any atom is -0.169 e. The molecule has 0 amide bonds. The van der Waals surface area contributed by atoms with Crippen LogP contribution in [0, 0.1) is 0 Å². The van der Waals surface area contributed by atoms with E-state index in [1.807, 2.05) is 0 Å². The van der Waals surface area contributed by atoms with Gasteiger partial charge in [0.1, 0.15) is 0 Å². The molecule has 0 aromatic heterocycles. The van der Waals surface area contributed by atoms with Gasteiger partial charge in [-0.25, -0.2) is 0 Å². The quantitative estimate of drug-likeness (QED) is 0.274. The number of hydrogen-bond donors (Lipinski definition) is 0. The van der Waals surface area contributed by atoms with Crippen molar-refractivity contribution in [2.45, 2.75) is 29.9 Å². The maximum atomic E-state index is 13.4. The molecule has 0 atom stereocenters. The van der Waals surface area contributed by atoms with E-state index >= 15 is 0 Å². The summed E-state index contributed by atoms with van der Waals surface area (Å²) in [7, 11) is 0. The zero-order chi connectivity index (χ0) is 23.8. The predicted molar refractivity (Wildman–Crippen MR) is 100 cm³/mol. The maximum Gasteiger partial charge on any atom is 0.416 e. The zero-order valence-corrected chi connectivity index (χ0v) is 16.1. The van der Waals surface area contributed by atoms with Crippen LogP contribution in [0.1, 0.15) is 28.2 Å². The predicted octanol–water partition coefficient (Wildman–Crippen LogP) is 7.79. The van der Waals surface area contributed by atoms with Crippen LogP contribution < -0.4 is 0 Å². The van der Waals surface area contributed by atoms with E-state index in [0.29, 0.717) is 11.1 Å². The van der Waals surface area contributed by atoms with Gasteiger partial charge in [0.15, 0.2) is 0 Å². The maximum absolute atomic E-state index is 13.4. The van der Waals surface area contributed by atoms with Crippen LogP contribution in [0.2, 0.25) is 0 Å². The highest BCUT2D eigenvalue weighted by Crippen LogP contribution is 2.60. The summed E-state index contributed by atoms with van der Waals surface area (Å²) >= 11 is 0. The molecule has 0 saturated heterocycles. The molecule has 0 aliphatic rings. The fraction of sp³-hybridized carbons (Fsp3) is 0.217. The largest absolute Gasteiger partial charge is 0.416 e. The van der Waals surface area contributed by atoms with Crippen LogP contribution in [0.4, 0.5) is 39.5 Å². The average Bonchev–Trinajstić information content (AvgIpc) is 2.68. The van der Waals surface area contributed by atoms with Gasteiger partial charge in [0.05, 0.1) is 0 Å². The standard InChI is InChI=1S/C23H15F9/c24-21(25,26)20(22(27,28)29,23(30,31)32)18-13-11-17(12-14-18)19(15-7-3-1-4-8-15)16-9-5-2-6-10-16/h1-14,19H. The van der Waals surface area contributed by atoms with Gasteiger partial charge in [-0.2, -0.15) is 39.5 Å². The summed E-state index contributed by atoms with van der Waals surface area (Å²) in [6.45, 7) is 0. The van der Waals surface area contributed by atoms with Gasteiger partial charge >= 0.3 is 18.5 Å². The summed E-state index contributed by atoms with van der Waals surface area (Å²) in [5.74, 6) is -0.608. The van der Waals surface area contributed by atoms with Crippen LogP contribution in [-0.4, -0.2) is 18.5 Å². The van der Waals surface area contributed by atoms with Crippen molar-refractivity contribution in [2.24, 2.45) is 0 Å². The first-order valence-corrected chi connectivity index (χ1v) is 9.21. The molecular formula is C23H15F9. The van der Waals surface area contributed by atoms with Crippen molar-refractivity contribution in [3.8, 4) is 0 Å². The molecule has 0 bridgehead atoms. The highest BCUT2D eigenvalue weighted by molar-refractivity contribution is 5.45. The van der Waals surface area contributed by atoms with Gasteiger partial charge in [-0.15, -0.1) is 0 Å². The van der Waals surface area contributed by atoms with Gasteiger partial charge in [0.2, 0.25) is 0 Å². The number of rotatable bonds is 4. The van der Waals surface area contributed by atoms with Crippen molar-refractivity contribution in [3.63, 3.8) is 0 Å². The lowest BCUT2D eigenvalue weighted by atomic mass is 9.76. The summed E-state index contributed by atoms with van der Waals surface area (Å²) in [4.78, 5) is 0. The Morgan fingerprint density at radius 1 is 0.406 bits per heavy atom. The second-order valence-electron chi connectivity index (χ2n) is 7.12. The Kier molecular flexibility index (Phi) is 6.06. The van der Waals surface area contributed by atoms with E-state index in [9.17, 15) is 39.5 Å². The van der Waals surface area contributed by atoms with Crippen LogP contribution in [0.5, 0.6) is 0 Å². The SMILES string of the molecule is FC(F)(F)C(c1ccc(C(c2ccccc2)c2ccccc2)cc1)(C(F)(F)F)C(F)(F)F. The Bertz CT molecular complexity index is 940. The Morgan fingerprint density at radius 2 is 0.719 bits per heavy atom. The fourth-order valence-corrected chi connectivity index (χ4v) is 3.77. The zero-order valence-electron chi connectivity index (χ0n) is 16.1. The Hall–Kier alpha value is -2.97. The third-order valence-electron chi connectivity index (χ3n) is 5.22. The molecule has 0 N–H and O–H groups in total. The monoisotopic (exact) mass is 462 g/mol. The van der Waals surface area contributed by atoms with Crippen LogP contribution in [0.3, 0.4) is 0 Å². The molecule has 0 spiro atoms. The van der Waals surface area contributed by atoms with Crippen molar-refractivity contribution in [2.75, 3.05) is 0 Å².